The van der Waals surface area contributed by atoms with Gasteiger partial charge in [-0.25, -0.2) is 0 Å². The van der Waals surface area contributed by atoms with Crippen LogP contribution < -0.4 is 5.32 Å². The van der Waals surface area contributed by atoms with Gasteiger partial charge in [0.15, 0.2) is 0 Å². The first-order valence-corrected chi connectivity index (χ1v) is 8.98. The molecule has 0 aliphatic heterocycles. The van der Waals surface area contributed by atoms with E-state index in [1.54, 1.807) is 0 Å². The zero-order valence-corrected chi connectivity index (χ0v) is 14.3. The summed E-state index contributed by atoms with van der Waals surface area (Å²) in [4.78, 5) is 12.7. The van der Waals surface area contributed by atoms with Crippen molar-refractivity contribution in [2.24, 2.45) is 18.4 Å². The Hall–Kier alpha value is -1.48. The van der Waals surface area contributed by atoms with E-state index in [1.165, 1.54) is 38.5 Å². The number of hydrogen-bond donors (Lipinski definition) is 1. The standard InChI is InChI=1S/C19H23ClN2O/c1-22-11-15(14-3-2-4-16(20)17(14)22)18(23)21-12-19-8-5-13(6-9-19)7-10-19/h2-4,11,13H,5-10,12H2,1H3,(H,21,23). The summed E-state index contributed by atoms with van der Waals surface area (Å²) in [5.74, 6) is 0.979. The summed E-state index contributed by atoms with van der Waals surface area (Å²) in [5.41, 5.74) is 2.01. The van der Waals surface area contributed by atoms with Crippen molar-refractivity contribution < 1.29 is 4.79 Å². The van der Waals surface area contributed by atoms with Crippen molar-refractivity contribution in [3.8, 4) is 0 Å². The molecule has 1 aromatic heterocycles. The molecule has 5 rings (SSSR count). The molecule has 0 unspecified atom stereocenters. The molecule has 0 atom stereocenters. The molecule has 2 aromatic rings. The smallest absolute Gasteiger partial charge is 0.253 e. The molecule has 3 saturated carbocycles. The average Bonchev–Trinajstić information content (AvgIpc) is 2.93. The van der Waals surface area contributed by atoms with Crippen LogP contribution in [0.5, 0.6) is 0 Å². The van der Waals surface area contributed by atoms with Crippen molar-refractivity contribution in [3.63, 3.8) is 0 Å². The molecule has 1 N–H and O–H groups in total. The minimum atomic E-state index is 0.0277. The van der Waals surface area contributed by atoms with Gasteiger partial charge in [-0.1, -0.05) is 23.7 Å². The number of aromatic nitrogens is 1. The number of nitrogens with zero attached hydrogens (tertiary/aromatic N) is 1. The Bertz CT molecular complexity index is 742. The van der Waals surface area contributed by atoms with E-state index in [0.717, 1.165) is 28.9 Å². The van der Waals surface area contributed by atoms with Gasteiger partial charge >= 0.3 is 0 Å². The number of nitrogens with one attached hydrogen (secondary N) is 1. The van der Waals surface area contributed by atoms with Crippen molar-refractivity contribution in [1.29, 1.82) is 0 Å². The van der Waals surface area contributed by atoms with E-state index < -0.39 is 0 Å². The molecule has 0 saturated heterocycles. The minimum absolute atomic E-state index is 0.0277. The Morgan fingerprint density at radius 1 is 1.30 bits per heavy atom. The molecule has 1 heterocycles. The quantitative estimate of drug-likeness (QED) is 0.881. The van der Waals surface area contributed by atoms with Gasteiger partial charge in [0, 0.05) is 25.2 Å². The van der Waals surface area contributed by atoms with E-state index >= 15 is 0 Å². The highest BCUT2D eigenvalue weighted by Crippen LogP contribution is 2.49. The molecule has 1 aromatic carbocycles. The maximum absolute atomic E-state index is 12.7. The third-order valence-corrected chi connectivity index (χ3v) is 6.37. The first-order valence-electron chi connectivity index (χ1n) is 8.60. The van der Waals surface area contributed by atoms with Crippen LogP contribution in [0.4, 0.5) is 0 Å². The van der Waals surface area contributed by atoms with Crippen LogP contribution in [0.25, 0.3) is 10.9 Å². The fourth-order valence-electron chi connectivity index (χ4n) is 4.57. The van der Waals surface area contributed by atoms with E-state index in [1.807, 2.05) is 36.0 Å². The number of aryl methyl sites for hydroxylation is 1. The van der Waals surface area contributed by atoms with Crippen molar-refractivity contribution in [1.82, 2.24) is 9.88 Å². The van der Waals surface area contributed by atoms with Gasteiger partial charge in [0.05, 0.1) is 16.1 Å². The fraction of sp³-hybridized carbons (Fsp3) is 0.526. The summed E-state index contributed by atoms with van der Waals surface area (Å²) in [6.07, 6.45) is 9.76. The molecule has 122 valence electrons. The SMILES string of the molecule is Cn1cc(C(=O)NCC23CCC(CC2)CC3)c2cccc(Cl)c21. The van der Waals surface area contributed by atoms with E-state index in [-0.39, 0.29) is 5.91 Å². The Kier molecular flexibility index (Phi) is 3.64. The average molecular weight is 331 g/mol. The summed E-state index contributed by atoms with van der Waals surface area (Å²) in [7, 11) is 1.94. The van der Waals surface area contributed by atoms with Gasteiger partial charge in [-0.2, -0.15) is 0 Å². The Balaban J connectivity index is 1.55. The third kappa shape index (κ3) is 2.55. The molecule has 2 bridgehead atoms. The molecule has 3 nitrogen and oxygen atoms in total. The second-order valence-electron chi connectivity index (χ2n) is 7.45. The van der Waals surface area contributed by atoms with Crippen molar-refractivity contribution in [3.05, 3.63) is 35.0 Å². The maximum Gasteiger partial charge on any atom is 0.253 e. The predicted octanol–water partition coefficient (Wildman–Crippen LogP) is 4.53. The van der Waals surface area contributed by atoms with Gasteiger partial charge in [0.25, 0.3) is 5.91 Å². The highest BCUT2D eigenvalue weighted by atomic mass is 35.5. The number of amides is 1. The zero-order valence-electron chi connectivity index (χ0n) is 13.6. The van der Waals surface area contributed by atoms with Crippen LogP contribution in [0.15, 0.2) is 24.4 Å². The summed E-state index contributed by atoms with van der Waals surface area (Å²) >= 11 is 6.28. The van der Waals surface area contributed by atoms with Crippen LogP contribution in [0.1, 0.15) is 48.9 Å². The predicted molar refractivity (Wildman–Crippen MR) is 93.9 cm³/mol. The largest absolute Gasteiger partial charge is 0.351 e. The van der Waals surface area contributed by atoms with Crippen molar-refractivity contribution >= 4 is 28.4 Å². The molecular weight excluding hydrogens is 308 g/mol. The lowest BCUT2D eigenvalue weighted by atomic mass is 9.61. The minimum Gasteiger partial charge on any atom is -0.351 e. The Morgan fingerprint density at radius 2 is 2.00 bits per heavy atom. The van der Waals surface area contributed by atoms with Crippen LogP contribution in [-0.4, -0.2) is 17.0 Å². The Labute approximate surface area is 142 Å². The van der Waals surface area contributed by atoms with E-state index in [2.05, 4.69) is 5.32 Å². The van der Waals surface area contributed by atoms with Gasteiger partial charge in [-0.15, -0.1) is 0 Å². The molecule has 1 amide bonds. The van der Waals surface area contributed by atoms with Gasteiger partial charge < -0.3 is 9.88 Å². The van der Waals surface area contributed by atoms with Crippen LogP contribution in [0.3, 0.4) is 0 Å². The first kappa shape index (κ1) is 15.1. The van der Waals surface area contributed by atoms with Gasteiger partial charge in [-0.05, 0) is 55.9 Å². The van der Waals surface area contributed by atoms with Gasteiger partial charge in [-0.3, -0.25) is 4.79 Å². The lowest BCUT2D eigenvalue weighted by Gasteiger charge is -2.46. The van der Waals surface area contributed by atoms with Crippen molar-refractivity contribution in [2.45, 2.75) is 38.5 Å². The molecule has 3 fully saturated rings. The third-order valence-electron chi connectivity index (χ3n) is 6.07. The number of hydrogen-bond acceptors (Lipinski definition) is 1. The number of para-hydroxylation sites is 1. The van der Waals surface area contributed by atoms with E-state index in [0.29, 0.717) is 10.4 Å². The fourth-order valence-corrected chi connectivity index (χ4v) is 4.87. The molecule has 0 spiro atoms. The molecule has 4 heteroatoms. The zero-order chi connectivity index (χ0) is 16.0. The number of benzene rings is 1. The lowest BCUT2D eigenvalue weighted by molar-refractivity contribution is 0.0598. The molecule has 0 radical (unpaired) electrons. The maximum atomic E-state index is 12.7. The number of rotatable bonds is 3. The van der Waals surface area contributed by atoms with Crippen LogP contribution in [0.2, 0.25) is 5.02 Å². The molecule has 23 heavy (non-hydrogen) atoms. The monoisotopic (exact) mass is 330 g/mol. The van der Waals surface area contributed by atoms with Crippen LogP contribution in [0, 0.1) is 11.3 Å². The first-order chi connectivity index (χ1) is 11.1. The summed E-state index contributed by atoms with van der Waals surface area (Å²) in [6.45, 7) is 0.815. The van der Waals surface area contributed by atoms with Gasteiger partial charge in [0.1, 0.15) is 0 Å². The number of carbonyl (C=O) groups is 1. The molecule has 3 aliphatic carbocycles. The molecule has 3 aliphatic rings. The topological polar surface area (TPSA) is 34.0 Å². The number of halogens is 1. The summed E-state index contributed by atoms with van der Waals surface area (Å²) in [5, 5.41) is 4.84. The second-order valence-corrected chi connectivity index (χ2v) is 7.86. The van der Waals surface area contributed by atoms with Crippen LogP contribution in [-0.2, 0) is 7.05 Å². The number of fused-ring (bicyclic) bond motifs is 4. The van der Waals surface area contributed by atoms with Gasteiger partial charge in [0.2, 0.25) is 0 Å². The lowest BCUT2D eigenvalue weighted by Crippen LogP contribution is -2.43. The Morgan fingerprint density at radius 3 is 2.70 bits per heavy atom. The summed E-state index contributed by atoms with van der Waals surface area (Å²) < 4.78 is 1.94. The van der Waals surface area contributed by atoms with Crippen LogP contribution >= 0.6 is 11.6 Å². The van der Waals surface area contributed by atoms with E-state index in [9.17, 15) is 4.79 Å². The summed E-state index contributed by atoms with van der Waals surface area (Å²) in [6, 6.07) is 5.74. The molecular formula is C19H23ClN2O. The highest BCUT2D eigenvalue weighted by Gasteiger charge is 2.40. The number of carbonyl (C=O) groups excluding carboxylic acids is 1. The highest BCUT2D eigenvalue weighted by molar-refractivity contribution is 6.35. The normalized spacial score (nSPS) is 26.6. The van der Waals surface area contributed by atoms with Crippen molar-refractivity contribution in [2.75, 3.05) is 6.54 Å². The van der Waals surface area contributed by atoms with E-state index in [4.69, 9.17) is 11.6 Å². The second kappa shape index (κ2) is 5.55.